The molecule has 1 N–H and O–H groups in total. The van der Waals surface area contributed by atoms with Gasteiger partial charge in [-0.05, 0) is 49.9 Å². The van der Waals surface area contributed by atoms with Gasteiger partial charge >= 0.3 is 0 Å². The van der Waals surface area contributed by atoms with Crippen molar-refractivity contribution in [1.29, 1.82) is 0 Å². The summed E-state index contributed by atoms with van der Waals surface area (Å²) < 4.78 is 0. The maximum Gasteiger partial charge on any atom is 0.150 e. The van der Waals surface area contributed by atoms with Crippen LogP contribution in [-0.4, -0.2) is 30.6 Å². The van der Waals surface area contributed by atoms with Crippen LogP contribution in [0.4, 0.5) is 5.69 Å². The molecule has 2 rings (SSSR count). The number of carbonyl (C=O) groups excluding carboxylic acids is 1. The lowest BCUT2D eigenvalue weighted by atomic mass is 9.90. The van der Waals surface area contributed by atoms with Crippen LogP contribution in [0.2, 0.25) is 0 Å². The number of carbonyl (C=O) groups is 1. The Hall–Kier alpha value is -1.35. The molecule has 3 nitrogen and oxygen atoms in total. The lowest BCUT2D eigenvalue weighted by molar-refractivity contribution is 0.112. The lowest BCUT2D eigenvalue weighted by Gasteiger charge is -2.39. The molecule has 17 heavy (non-hydrogen) atoms. The van der Waals surface area contributed by atoms with Crippen LogP contribution in [0, 0.1) is 6.92 Å². The van der Waals surface area contributed by atoms with E-state index in [1.54, 1.807) is 0 Å². The Labute approximate surface area is 102 Å². The molecule has 0 unspecified atom stereocenters. The third-order valence-electron chi connectivity index (χ3n) is 3.52. The summed E-state index contributed by atoms with van der Waals surface area (Å²) in [6, 6.07) is 6.31. The van der Waals surface area contributed by atoms with Crippen molar-refractivity contribution in [2.45, 2.75) is 32.2 Å². The standard InChI is InChI=1S/C14H19NO2/c1-11-9-12(10-17)5-6-14(11)15(7-8-16)13-3-2-4-13/h5-6,9-10,13,16H,2-4,7-8H2,1H3. The first-order chi connectivity index (χ1) is 8.26. The van der Waals surface area contributed by atoms with E-state index in [2.05, 4.69) is 4.90 Å². The minimum absolute atomic E-state index is 0.172. The number of anilines is 1. The minimum Gasteiger partial charge on any atom is -0.395 e. The van der Waals surface area contributed by atoms with Gasteiger partial charge in [-0.25, -0.2) is 0 Å². The van der Waals surface area contributed by atoms with Crippen molar-refractivity contribution in [3.05, 3.63) is 29.3 Å². The molecule has 0 aliphatic heterocycles. The Kier molecular flexibility index (Phi) is 3.79. The number of hydrogen-bond acceptors (Lipinski definition) is 3. The average Bonchev–Trinajstić information content (AvgIpc) is 2.26. The van der Waals surface area contributed by atoms with Crippen molar-refractivity contribution in [2.75, 3.05) is 18.1 Å². The van der Waals surface area contributed by atoms with Gasteiger partial charge in [-0.3, -0.25) is 4.79 Å². The van der Waals surface area contributed by atoms with Gasteiger partial charge in [0.15, 0.2) is 0 Å². The zero-order valence-electron chi connectivity index (χ0n) is 10.2. The normalized spacial score (nSPS) is 15.4. The first-order valence-corrected chi connectivity index (χ1v) is 6.19. The number of aryl methyl sites for hydroxylation is 1. The molecular formula is C14H19NO2. The second kappa shape index (κ2) is 5.32. The highest BCUT2D eigenvalue weighted by atomic mass is 16.3. The quantitative estimate of drug-likeness (QED) is 0.792. The lowest BCUT2D eigenvalue weighted by Crippen LogP contribution is -2.42. The van der Waals surface area contributed by atoms with E-state index in [4.69, 9.17) is 5.11 Å². The molecule has 0 aromatic heterocycles. The summed E-state index contributed by atoms with van der Waals surface area (Å²) >= 11 is 0. The summed E-state index contributed by atoms with van der Waals surface area (Å²) in [4.78, 5) is 13.0. The number of nitrogens with zero attached hydrogens (tertiary/aromatic N) is 1. The Morgan fingerprint density at radius 2 is 2.24 bits per heavy atom. The monoisotopic (exact) mass is 233 g/mol. The van der Waals surface area contributed by atoms with E-state index >= 15 is 0 Å². The molecule has 0 atom stereocenters. The first kappa shape index (κ1) is 12.1. The van der Waals surface area contributed by atoms with Gasteiger partial charge < -0.3 is 10.0 Å². The van der Waals surface area contributed by atoms with E-state index in [1.807, 2.05) is 25.1 Å². The smallest absolute Gasteiger partial charge is 0.150 e. The number of hydrogen-bond donors (Lipinski definition) is 1. The predicted molar refractivity (Wildman–Crippen MR) is 68.6 cm³/mol. The second-order valence-electron chi connectivity index (χ2n) is 4.67. The molecule has 0 amide bonds. The van der Waals surface area contributed by atoms with Gasteiger partial charge in [-0.2, -0.15) is 0 Å². The van der Waals surface area contributed by atoms with Gasteiger partial charge in [0.2, 0.25) is 0 Å². The van der Waals surface area contributed by atoms with Gasteiger partial charge in [-0.15, -0.1) is 0 Å². The van der Waals surface area contributed by atoms with E-state index in [9.17, 15) is 4.79 Å². The average molecular weight is 233 g/mol. The molecule has 0 saturated heterocycles. The summed E-state index contributed by atoms with van der Waals surface area (Å²) in [7, 11) is 0. The molecule has 1 fully saturated rings. The largest absolute Gasteiger partial charge is 0.395 e. The SMILES string of the molecule is Cc1cc(C=O)ccc1N(CCO)C1CCC1. The van der Waals surface area contributed by atoms with E-state index in [-0.39, 0.29) is 6.61 Å². The van der Waals surface area contributed by atoms with Gasteiger partial charge in [0.25, 0.3) is 0 Å². The van der Waals surface area contributed by atoms with Crippen LogP contribution >= 0.6 is 0 Å². The molecule has 1 saturated carbocycles. The first-order valence-electron chi connectivity index (χ1n) is 6.19. The van der Waals surface area contributed by atoms with E-state index < -0.39 is 0 Å². The molecule has 1 aromatic carbocycles. The summed E-state index contributed by atoms with van der Waals surface area (Å²) in [5.74, 6) is 0. The Bertz CT molecular complexity index is 399. The topological polar surface area (TPSA) is 40.5 Å². The molecular weight excluding hydrogens is 214 g/mol. The van der Waals surface area contributed by atoms with E-state index in [1.165, 1.54) is 19.3 Å². The summed E-state index contributed by atoms with van der Waals surface area (Å²) in [5.41, 5.74) is 2.97. The third kappa shape index (κ3) is 2.50. The van der Waals surface area contributed by atoms with Crippen molar-refractivity contribution >= 4 is 12.0 Å². The highest BCUT2D eigenvalue weighted by Gasteiger charge is 2.25. The number of aldehydes is 1. The summed E-state index contributed by atoms with van der Waals surface area (Å²) in [6.45, 7) is 2.86. The predicted octanol–water partition coefficient (Wildman–Crippen LogP) is 2.16. The molecule has 0 bridgehead atoms. The number of aliphatic hydroxyl groups is 1. The molecule has 92 valence electrons. The molecule has 1 aliphatic rings. The Morgan fingerprint density at radius 3 is 2.71 bits per heavy atom. The van der Waals surface area contributed by atoms with Crippen LogP contribution < -0.4 is 4.90 Å². The maximum atomic E-state index is 10.7. The number of rotatable bonds is 5. The number of aliphatic hydroxyl groups excluding tert-OH is 1. The van der Waals surface area contributed by atoms with E-state index in [0.717, 1.165) is 17.5 Å². The van der Waals surface area contributed by atoms with Gasteiger partial charge in [0.1, 0.15) is 6.29 Å². The Morgan fingerprint density at radius 1 is 1.47 bits per heavy atom. The van der Waals surface area contributed by atoms with Crippen molar-refractivity contribution in [1.82, 2.24) is 0 Å². The van der Waals surface area contributed by atoms with Gasteiger partial charge in [-0.1, -0.05) is 0 Å². The fourth-order valence-electron chi connectivity index (χ4n) is 2.38. The summed E-state index contributed by atoms with van der Waals surface area (Å²) in [6.07, 6.45) is 4.55. The molecule has 3 heteroatoms. The van der Waals surface area contributed by atoms with Crippen molar-refractivity contribution in [2.24, 2.45) is 0 Å². The fraction of sp³-hybridized carbons (Fsp3) is 0.500. The van der Waals surface area contributed by atoms with Crippen molar-refractivity contribution in [3.8, 4) is 0 Å². The zero-order chi connectivity index (χ0) is 12.3. The highest BCUT2D eigenvalue weighted by molar-refractivity contribution is 5.77. The summed E-state index contributed by atoms with van der Waals surface area (Å²) in [5, 5.41) is 9.16. The molecule has 0 radical (unpaired) electrons. The van der Waals surface area contributed by atoms with Crippen molar-refractivity contribution < 1.29 is 9.90 Å². The zero-order valence-corrected chi connectivity index (χ0v) is 10.2. The van der Waals surface area contributed by atoms with Gasteiger partial charge in [0.05, 0.1) is 6.61 Å². The molecule has 0 heterocycles. The van der Waals surface area contributed by atoms with E-state index in [0.29, 0.717) is 18.2 Å². The van der Waals surface area contributed by atoms with Crippen LogP contribution in [-0.2, 0) is 0 Å². The van der Waals surface area contributed by atoms with Gasteiger partial charge in [0, 0.05) is 23.8 Å². The minimum atomic E-state index is 0.172. The second-order valence-corrected chi connectivity index (χ2v) is 4.67. The van der Waals surface area contributed by atoms with Crippen LogP contribution in [0.1, 0.15) is 35.2 Å². The van der Waals surface area contributed by atoms with Crippen LogP contribution in [0.5, 0.6) is 0 Å². The van der Waals surface area contributed by atoms with Crippen LogP contribution in [0.3, 0.4) is 0 Å². The highest BCUT2D eigenvalue weighted by Crippen LogP contribution is 2.31. The fourth-order valence-corrected chi connectivity index (χ4v) is 2.38. The number of benzene rings is 1. The molecule has 1 aromatic rings. The third-order valence-corrected chi connectivity index (χ3v) is 3.52. The Balaban J connectivity index is 2.25. The molecule has 1 aliphatic carbocycles. The maximum absolute atomic E-state index is 10.7. The van der Waals surface area contributed by atoms with Crippen molar-refractivity contribution in [3.63, 3.8) is 0 Å². The van der Waals surface area contributed by atoms with Crippen LogP contribution in [0.25, 0.3) is 0 Å². The molecule has 0 spiro atoms. The van der Waals surface area contributed by atoms with Crippen LogP contribution in [0.15, 0.2) is 18.2 Å².